The number of rotatable bonds is 2. The summed E-state index contributed by atoms with van der Waals surface area (Å²) in [5, 5.41) is 6.67. The fraction of sp³-hybridized carbons (Fsp3) is 0.182. The van der Waals surface area contributed by atoms with Gasteiger partial charge in [0, 0.05) is 11.6 Å². The molecule has 1 heterocycles. The molecule has 0 saturated carbocycles. The lowest BCUT2D eigenvalue weighted by molar-refractivity contribution is 0.485. The lowest BCUT2D eigenvalue weighted by Crippen LogP contribution is -1.87. The molecule has 1 aromatic carbocycles. The number of nitrogens with one attached hydrogen (secondary N) is 1. The van der Waals surface area contributed by atoms with Crippen LogP contribution in [0.4, 0.5) is 10.2 Å². The molecule has 0 unspecified atom stereocenters. The topological polar surface area (TPSA) is 54.7 Å². The monoisotopic (exact) mass is 205 g/mol. The highest BCUT2D eigenvalue weighted by Gasteiger charge is 2.05. The average molecular weight is 205 g/mol. The molecule has 0 radical (unpaired) electrons. The van der Waals surface area contributed by atoms with Crippen molar-refractivity contribution in [2.45, 2.75) is 13.6 Å². The predicted molar refractivity (Wildman–Crippen MR) is 58.0 cm³/mol. The SMILES string of the molecule is Cc1ccc(CF)cc1-c1cc(N)n[nH]1. The van der Waals surface area contributed by atoms with Crippen LogP contribution in [0.2, 0.25) is 0 Å². The Hall–Kier alpha value is -1.84. The first kappa shape index (κ1) is 9.71. The van der Waals surface area contributed by atoms with Gasteiger partial charge in [0.05, 0.1) is 5.69 Å². The Morgan fingerprint density at radius 1 is 1.40 bits per heavy atom. The molecule has 0 spiro atoms. The number of hydrogen-bond acceptors (Lipinski definition) is 2. The van der Waals surface area contributed by atoms with Crippen molar-refractivity contribution in [2.24, 2.45) is 0 Å². The van der Waals surface area contributed by atoms with Crippen LogP contribution in [0, 0.1) is 6.92 Å². The minimum Gasteiger partial charge on any atom is -0.382 e. The fourth-order valence-corrected chi connectivity index (χ4v) is 1.52. The zero-order valence-corrected chi connectivity index (χ0v) is 8.42. The maximum atomic E-state index is 12.5. The van der Waals surface area contributed by atoms with Gasteiger partial charge in [0.1, 0.15) is 12.5 Å². The first-order valence-corrected chi connectivity index (χ1v) is 4.67. The highest BCUT2D eigenvalue weighted by atomic mass is 19.1. The second kappa shape index (κ2) is 3.73. The van der Waals surface area contributed by atoms with Crippen LogP contribution in [0.1, 0.15) is 11.1 Å². The number of anilines is 1. The average Bonchev–Trinajstić information content (AvgIpc) is 2.65. The van der Waals surface area contributed by atoms with Crippen LogP contribution in [0.15, 0.2) is 24.3 Å². The van der Waals surface area contributed by atoms with Crippen LogP contribution < -0.4 is 5.73 Å². The van der Waals surface area contributed by atoms with Gasteiger partial charge < -0.3 is 5.73 Å². The number of aromatic amines is 1. The number of nitrogens with two attached hydrogens (primary N) is 1. The highest BCUT2D eigenvalue weighted by molar-refractivity contribution is 5.66. The normalized spacial score (nSPS) is 10.5. The van der Waals surface area contributed by atoms with Crippen LogP contribution in [-0.2, 0) is 6.67 Å². The summed E-state index contributed by atoms with van der Waals surface area (Å²) < 4.78 is 12.5. The lowest BCUT2D eigenvalue weighted by Gasteiger charge is -2.04. The standard InChI is InChI=1S/C11H12FN3/c1-7-2-3-8(6-12)4-9(7)10-5-11(13)15-14-10/h2-5H,6H2,1H3,(H3,13,14,15). The van der Waals surface area contributed by atoms with E-state index in [0.717, 1.165) is 16.8 Å². The molecule has 0 saturated heterocycles. The molecule has 0 aliphatic heterocycles. The van der Waals surface area contributed by atoms with Gasteiger partial charge in [-0.25, -0.2) is 4.39 Å². The maximum absolute atomic E-state index is 12.5. The minimum absolute atomic E-state index is 0.440. The zero-order chi connectivity index (χ0) is 10.8. The summed E-state index contributed by atoms with van der Waals surface area (Å²) in [6, 6.07) is 7.21. The van der Waals surface area contributed by atoms with E-state index in [0.29, 0.717) is 11.4 Å². The maximum Gasteiger partial charge on any atom is 0.145 e. The third-order valence-electron chi connectivity index (χ3n) is 2.34. The van der Waals surface area contributed by atoms with Gasteiger partial charge in [-0.3, -0.25) is 5.10 Å². The fourth-order valence-electron chi connectivity index (χ4n) is 1.52. The van der Waals surface area contributed by atoms with Crippen molar-refractivity contribution in [3.8, 4) is 11.3 Å². The number of nitrogens with zero attached hydrogens (tertiary/aromatic N) is 1. The predicted octanol–water partition coefficient (Wildman–Crippen LogP) is 2.44. The Labute approximate surface area is 87.1 Å². The molecule has 3 N–H and O–H groups in total. The number of nitrogen functional groups attached to an aromatic ring is 1. The molecule has 0 fully saturated rings. The summed E-state index contributed by atoms with van der Waals surface area (Å²) in [5.41, 5.74) is 9.00. The van der Waals surface area contributed by atoms with Crippen LogP contribution >= 0.6 is 0 Å². The molecule has 2 rings (SSSR count). The second-order valence-electron chi connectivity index (χ2n) is 3.49. The van der Waals surface area contributed by atoms with Crippen molar-refractivity contribution in [1.29, 1.82) is 0 Å². The Morgan fingerprint density at radius 3 is 2.80 bits per heavy atom. The van der Waals surface area contributed by atoms with E-state index >= 15 is 0 Å². The summed E-state index contributed by atoms with van der Waals surface area (Å²) in [5.74, 6) is 0.440. The quantitative estimate of drug-likeness (QED) is 0.791. The number of aromatic nitrogens is 2. The van der Waals surface area contributed by atoms with Gasteiger partial charge in [-0.05, 0) is 24.1 Å². The number of aryl methyl sites for hydroxylation is 1. The first-order valence-electron chi connectivity index (χ1n) is 4.67. The number of benzene rings is 1. The molecule has 0 atom stereocenters. The van der Waals surface area contributed by atoms with Gasteiger partial charge >= 0.3 is 0 Å². The van der Waals surface area contributed by atoms with E-state index in [-0.39, 0.29) is 0 Å². The van der Waals surface area contributed by atoms with Crippen molar-refractivity contribution in [3.05, 3.63) is 35.4 Å². The molecule has 15 heavy (non-hydrogen) atoms. The van der Waals surface area contributed by atoms with Crippen molar-refractivity contribution < 1.29 is 4.39 Å². The summed E-state index contributed by atoms with van der Waals surface area (Å²) in [6.07, 6.45) is 0. The Balaban J connectivity index is 2.51. The second-order valence-corrected chi connectivity index (χ2v) is 3.49. The number of H-pyrrole nitrogens is 1. The minimum atomic E-state index is -0.461. The van der Waals surface area contributed by atoms with Crippen molar-refractivity contribution in [1.82, 2.24) is 10.2 Å². The molecule has 0 aliphatic rings. The Kier molecular flexibility index (Phi) is 2.41. The molecular weight excluding hydrogens is 193 g/mol. The van der Waals surface area contributed by atoms with E-state index < -0.39 is 6.67 Å². The molecule has 0 aliphatic carbocycles. The van der Waals surface area contributed by atoms with Gasteiger partial charge in [0.25, 0.3) is 0 Å². The largest absolute Gasteiger partial charge is 0.382 e. The summed E-state index contributed by atoms with van der Waals surface area (Å²) in [7, 11) is 0. The first-order chi connectivity index (χ1) is 7.20. The van der Waals surface area contributed by atoms with Gasteiger partial charge in [-0.15, -0.1) is 0 Å². The van der Waals surface area contributed by atoms with Crippen LogP contribution in [0.25, 0.3) is 11.3 Å². The van der Waals surface area contributed by atoms with E-state index in [4.69, 9.17) is 5.73 Å². The molecule has 78 valence electrons. The summed E-state index contributed by atoms with van der Waals surface area (Å²) in [4.78, 5) is 0. The summed E-state index contributed by atoms with van der Waals surface area (Å²) in [6.45, 7) is 1.51. The van der Waals surface area contributed by atoms with E-state index in [1.54, 1.807) is 12.1 Å². The van der Waals surface area contributed by atoms with Crippen LogP contribution in [0.3, 0.4) is 0 Å². The van der Waals surface area contributed by atoms with Crippen molar-refractivity contribution in [3.63, 3.8) is 0 Å². The lowest BCUT2D eigenvalue weighted by atomic mass is 10.0. The van der Waals surface area contributed by atoms with Crippen LogP contribution in [-0.4, -0.2) is 10.2 Å². The number of alkyl halides is 1. The smallest absolute Gasteiger partial charge is 0.145 e. The Morgan fingerprint density at radius 2 is 2.20 bits per heavy atom. The molecular formula is C11H12FN3. The summed E-state index contributed by atoms with van der Waals surface area (Å²) >= 11 is 0. The van der Waals surface area contributed by atoms with Crippen LogP contribution in [0.5, 0.6) is 0 Å². The Bertz CT molecular complexity index is 476. The van der Waals surface area contributed by atoms with Crippen molar-refractivity contribution in [2.75, 3.05) is 5.73 Å². The molecule has 1 aromatic heterocycles. The van der Waals surface area contributed by atoms with E-state index in [9.17, 15) is 4.39 Å². The highest BCUT2D eigenvalue weighted by Crippen LogP contribution is 2.24. The van der Waals surface area contributed by atoms with Crippen molar-refractivity contribution >= 4 is 5.82 Å². The third-order valence-corrected chi connectivity index (χ3v) is 2.34. The van der Waals surface area contributed by atoms with Gasteiger partial charge in [0.2, 0.25) is 0 Å². The number of halogens is 1. The van der Waals surface area contributed by atoms with Gasteiger partial charge in [0.15, 0.2) is 0 Å². The van der Waals surface area contributed by atoms with Gasteiger partial charge in [-0.2, -0.15) is 5.10 Å². The van der Waals surface area contributed by atoms with E-state index in [2.05, 4.69) is 10.2 Å². The molecule has 2 aromatic rings. The third kappa shape index (κ3) is 1.83. The van der Waals surface area contributed by atoms with E-state index in [1.165, 1.54) is 0 Å². The van der Waals surface area contributed by atoms with E-state index in [1.807, 2.05) is 19.1 Å². The molecule has 0 bridgehead atoms. The molecule has 3 nitrogen and oxygen atoms in total. The molecule has 0 amide bonds. The molecule has 4 heteroatoms. The zero-order valence-electron chi connectivity index (χ0n) is 8.42. The number of hydrogen-bond donors (Lipinski definition) is 2. The van der Waals surface area contributed by atoms with Gasteiger partial charge in [-0.1, -0.05) is 12.1 Å².